The smallest absolute Gasteiger partial charge is 0.155 e. The Hall–Kier alpha value is -2.63. The van der Waals surface area contributed by atoms with E-state index in [4.69, 9.17) is 5.73 Å². The molecule has 1 fully saturated rings. The lowest BCUT2D eigenvalue weighted by Crippen LogP contribution is -2.54. The highest BCUT2D eigenvalue weighted by atomic mass is 16.1. The molecule has 0 aromatic heterocycles. The maximum absolute atomic E-state index is 12.4. The quantitative estimate of drug-likeness (QED) is 0.269. The van der Waals surface area contributed by atoms with Gasteiger partial charge in [0.05, 0.1) is 11.4 Å². The Morgan fingerprint density at radius 3 is 2.36 bits per heavy atom. The largest absolute Gasteiger partial charge is 0.364 e. The summed E-state index contributed by atoms with van der Waals surface area (Å²) in [5, 5.41) is 3.18. The van der Waals surface area contributed by atoms with Crippen molar-refractivity contribution in [3.8, 4) is 0 Å². The van der Waals surface area contributed by atoms with Gasteiger partial charge in [-0.1, -0.05) is 78.0 Å². The molecule has 0 saturated carbocycles. The van der Waals surface area contributed by atoms with Gasteiger partial charge in [-0.05, 0) is 88.7 Å². The molecule has 0 amide bonds. The Morgan fingerprint density at radius 1 is 1.18 bits per heavy atom. The second kappa shape index (κ2) is 17.9. The molecule has 218 valence electrons. The number of hydrogen-bond acceptors (Lipinski definition) is 5. The Kier molecular flexibility index (Phi) is 15.8. The zero-order valence-corrected chi connectivity index (χ0v) is 26.1. The molecule has 2 atom stereocenters. The van der Waals surface area contributed by atoms with Crippen molar-refractivity contribution in [3.63, 3.8) is 0 Å². The van der Waals surface area contributed by atoms with Gasteiger partial charge in [-0.15, -0.1) is 0 Å². The van der Waals surface area contributed by atoms with Crippen molar-refractivity contribution in [1.82, 2.24) is 15.1 Å². The lowest BCUT2D eigenvalue weighted by atomic mass is 9.98. The van der Waals surface area contributed by atoms with Crippen molar-refractivity contribution < 1.29 is 4.79 Å². The molecule has 0 spiro atoms. The number of benzene rings is 1. The van der Waals surface area contributed by atoms with Gasteiger partial charge in [0.15, 0.2) is 5.78 Å². The Balaban J connectivity index is 0.000000528. The van der Waals surface area contributed by atoms with Crippen LogP contribution in [0.15, 0.2) is 72.4 Å². The zero-order chi connectivity index (χ0) is 29.4. The van der Waals surface area contributed by atoms with Gasteiger partial charge < -0.3 is 16.0 Å². The van der Waals surface area contributed by atoms with E-state index in [0.29, 0.717) is 18.9 Å². The molecule has 39 heavy (non-hydrogen) atoms. The summed E-state index contributed by atoms with van der Waals surface area (Å²) in [6.45, 7) is 23.0. The predicted molar refractivity (Wildman–Crippen MR) is 169 cm³/mol. The normalized spacial score (nSPS) is 17.2. The van der Waals surface area contributed by atoms with Crippen LogP contribution in [0, 0.1) is 6.92 Å². The Morgan fingerprint density at radius 2 is 1.85 bits per heavy atom. The molecule has 5 heteroatoms. The van der Waals surface area contributed by atoms with E-state index in [2.05, 4.69) is 79.7 Å². The van der Waals surface area contributed by atoms with E-state index in [0.717, 1.165) is 42.9 Å². The van der Waals surface area contributed by atoms with Crippen molar-refractivity contribution in [1.29, 1.82) is 0 Å². The molecule has 3 rings (SSSR count). The number of hydrogen-bond donors (Lipinski definition) is 2. The molecule has 1 unspecified atom stereocenters. The number of carbonyl (C=O) groups excluding carboxylic acids is 1. The number of nitrogens with two attached hydrogens (primary N) is 1. The van der Waals surface area contributed by atoms with Crippen LogP contribution in [0.25, 0.3) is 0 Å². The summed E-state index contributed by atoms with van der Waals surface area (Å²) in [4.78, 5) is 17.0. The van der Waals surface area contributed by atoms with Crippen LogP contribution >= 0.6 is 0 Å². The number of allylic oxidation sites excluding steroid dienone is 3. The van der Waals surface area contributed by atoms with E-state index in [1.54, 1.807) is 6.08 Å². The van der Waals surface area contributed by atoms with E-state index >= 15 is 0 Å². The second-order valence-corrected chi connectivity index (χ2v) is 10.5. The van der Waals surface area contributed by atoms with Gasteiger partial charge in [-0.2, -0.15) is 0 Å². The van der Waals surface area contributed by atoms with Crippen LogP contribution in [0.3, 0.4) is 0 Å². The molecule has 1 saturated heterocycles. The van der Waals surface area contributed by atoms with Crippen LogP contribution in [0.1, 0.15) is 98.1 Å². The average Bonchev–Trinajstić information content (AvgIpc) is 2.91. The molecule has 0 bridgehead atoms. The van der Waals surface area contributed by atoms with Crippen molar-refractivity contribution in [3.05, 3.63) is 83.5 Å². The minimum absolute atomic E-state index is 0.142. The summed E-state index contributed by atoms with van der Waals surface area (Å²) in [6, 6.07) is 8.96. The number of likely N-dealkylation sites (tertiary alicyclic amines) is 1. The maximum Gasteiger partial charge on any atom is 0.155 e. The fraction of sp³-hybridized carbons (Fsp3) is 0.559. The number of rotatable bonds is 12. The fourth-order valence-corrected chi connectivity index (χ4v) is 4.82. The second-order valence-electron chi connectivity index (χ2n) is 10.5. The third-order valence-electron chi connectivity index (χ3n) is 7.25. The standard InChI is InChI=1S/C22H36N4O.C10H14.C2H6/c1-6-18(25-13-8-14-25)9-10-20(27)11-12-22(5,23)26-19(7-2)15-24-16-21(26)17(3)4;1-3-6-10-8-5-4-7-9(10)2;1-2/h9-10,15-16,18,24H,3,6-8,11-14,23H2,1-2,4-5H3;4-5,7-8H,3,6H2,1-2H3;1-2H3/b10-9+;;/t18?,22-;;/m0../s1. The predicted octanol–water partition coefficient (Wildman–Crippen LogP) is 7.60. The highest BCUT2D eigenvalue weighted by molar-refractivity contribution is 5.89. The molecular weight excluding hydrogens is 480 g/mol. The molecule has 2 heterocycles. The fourth-order valence-electron chi connectivity index (χ4n) is 4.82. The summed E-state index contributed by atoms with van der Waals surface area (Å²) in [5.74, 6) is 0.142. The summed E-state index contributed by atoms with van der Waals surface area (Å²) in [7, 11) is 0. The van der Waals surface area contributed by atoms with Crippen LogP contribution in [0.5, 0.6) is 0 Å². The summed E-state index contributed by atoms with van der Waals surface area (Å²) in [6.07, 6.45) is 14.3. The molecule has 1 aromatic rings. The van der Waals surface area contributed by atoms with Crippen LogP contribution in [0.2, 0.25) is 0 Å². The lowest BCUT2D eigenvalue weighted by Gasteiger charge is -2.44. The van der Waals surface area contributed by atoms with Crippen LogP contribution in [0.4, 0.5) is 0 Å². The molecule has 2 aliphatic heterocycles. The van der Waals surface area contributed by atoms with Gasteiger partial charge in [0.1, 0.15) is 0 Å². The first-order valence-corrected chi connectivity index (χ1v) is 15.0. The number of nitrogens with one attached hydrogen (secondary N) is 1. The Labute approximate surface area is 239 Å². The topological polar surface area (TPSA) is 61.6 Å². The van der Waals surface area contributed by atoms with Crippen molar-refractivity contribution >= 4 is 5.78 Å². The first kappa shape index (κ1) is 34.4. The highest BCUT2D eigenvalue weighted by Crippen LogP contribution is 2.32. The number of nitrogens with zero attached hydrogens (tertiary/aromatic N) is 2. The number of ketones is 1. The monoisotopic (exact) mass is 536 g/mol. The van der Waals surface area contributed by atoms with E-state index in [1.807, 2.05) is 40.1 Å². The summed E-state index contributed by atoms with van der Waals surface area (Å²) in [5.41, 5.74) is 12.0. The molecule has 0 radical (unpaired) electrons. The van der Waals surface area contributed by atoms with Gasteiger partial charge in [0, 0.05) is 30.6 Å². The van der Waals surface area contributed by atoms with Gasteiger partial charge >= 0.3 is 0 Å². The van der Waals surface area contributed by atoms with E-state index in [-0.39, 0.29) is 5.78 Å². The van der Waals surface area contributed by atoms with Crippen LogP contribution < -0.4 is 11.1 Å². The third kappa shape index (κ3) is 10.8. The molecule has 2 aliphatic rings. The van der Waals surface area contributed by atoms with Gasteiger partial charge in [-0.3, -0.25) is 9.69 Å². The molecule has 3 N–H and O–H groups in total. The zero-order valence-electron chi connectivity index (χ0n) is 26.1. The maximum atomic E-state index is 12.4. The SMILES string of the molecule is C=C(C)C1=CNC=C(CC)N1[C@](C)(N)CCC(=O)/C=C/C(CC)N1CCC1.CC.CCCc1ccccc1C. The van der Waals surface area contributed by atoms with Crippen LogP contribution in [-0.2, 0) is 11.2 Å². The first-order chi connectivity index (χ1) is 18.6. The number of aryl methyl sites for hydroxylation is 2. The lowest BCUT2D eigenvalue weighted by molar-refractivity contribution is -0.115. The van der Waals surface area contributed by atoms with Crippen molar-refractivity contribution in [2.45, 2.75) is 112 Å². The average molecular weight is 537 g/mol. The summed E-state index contributed by atoms with van der Waals surface area (Å²) >= 11 is 0. The van der Waals surface area contributed by atoms with E-state index < -0.39 is 5.66 Å². The molecule has 5 nitrogen and oxygen atoms in total. The summed E-state index contributed by atoms with van der Waals surface area (Å²) < 4.78 is 0. The highest BCUT2D eigenvalue weighted by Gasteiger charge is 2.33. The van der Waals surface area contributed by atoms with Crippen molar-refractivity contribution in [2.75, 3.05) is 13.1 Å². The van der Waals surface area contributed by atoms with Crippen molar-refractivity contribution in [2.24, 2.45) is 5.73 Å². The number of carbonyl (C=O) groups is 1. The van der Waals surface area contributed by atoms with Crippen LogP contribution in [-0.4, -0.2) is 40.4 Å². The molecule has 0 aliphatic carbocycles. The third-order valence-corrected chi connectivity index (χ3v) is 7.25. The van der Waals surface area contributed by atoms with Gasteiger partial charge in [0.25, 0.3) is 0 Å². The van der Waals surface area contributed by atoms with Gasteiger partial charge in [0.2, 0.25) is 0 Å². The van der Waals surface area contributed by atoms with E-state index in [1.165, 1.54) is 30.4 Å². The van der Waals surface area contributed by atoms with Gasteiger partial charge in [-0.25, -0.2) is 0 Å². The Bertz CT molecular complexity index is 985. The minimum Gasteiger partial charge on any atom is -0.364 e. The van der Waals surface area contributed by atoms with E-state index in [9.17, 15) is 4.79 Å². The molecular formula is C34H56N4O. The minimum atomic E-state index is -0.653. The molecule has 1 aromatic carbocycles. The first-order valence-electron chi connectivity index (χ1n) is 15.0.